The highest BCUT2D eigenvalue weighted by Gasteiger charge is 2.71. The molecule has 2 aliphatic heterocycles. The predicted octanol–water partition coefficient (Wildman–Crippen LogP) is 6.48. The average Bonchev–Trinajstić information content (AvgIpc) is 3.36. The largest absolute Gasteiger partial charge is 0.481 e. The third-order valence-electron chi connectivity index (χ3n) is 7.24. The van der Waals surface area contributed by atoms with Gasteiger partial charge in [-0.25, -0.2) is 0 Å². The molecule has 1 fully saturated rings. The molecule has 0 saturated carbocycles. The summed E-state index contributed by atoms with van der Waals surface area (Å²) < 4.78 is 32.9. The minimum atomic E-state index is -3.83. The van der Waals surface area contributed by atoms with E-state index in [0.717, 1.165) is 0 Å². The van der Waals surface area contributed by atoms with E-state index in [4.69, 9.17) is 46.4 Å². The maximum absolute atomic E-state index is 16.5. The van der Waals surface area contributed by atoms with E-state index in [0.29, 0.717) is 0 Å². The van der Waals surface area contributed by atoms with Gasteiger partial charge in [0.1, 0.15) is 11.5 Å². The number of rotatable bonds is 5. The molecule has 4 unspecified atom stereocenters. The molecule has 208 valence electrons. The standard InChI is InChI=1S/C27H19Cl4F2N3O4/c1-11-4-2-3-5-16(11)27(32,33)22-19(23(37)34-15-7-12(28)6-13(29)8-15)20(24(38)39)26(36-22)17-9-14(30)10-18(31)21(17)35-25(26)40/h2-10,19-20,22,36H,1H3,(H,34,37)(H,35,40)(H,38,39). The zero-order valence-corrected chi connectivity index (χ0v) is 23.4. The van der Waals surface area contributed by atoms with Crippen LogP contribution in [-0.4, -0.2) is 28.9 Å². The molecule has 4 N–H and O–H groups in total. The Morgan fingerprint density at radius 2 is 1.62 bits per heavy atom. The molecule has 40 heavy (non-hydrogen) atoms. The first kappa shape index (κ1) is 28.6. The predicted molar refractivity (Wildman–Crippen MR) is 148 cm³/mol. The van der Waals surface area contributed by atoms with Crippen molar-refractivity contribution in [3.8, 4) is 0 Å². The van der Waals surface area contributed by atoms with Crippen molar-refractivity contribution >= 4 is 75.6 Å². The summed E-state index contributed by atoms with van der Waals surface area (Å²) in [5, 5.41) is 18.3. The van der Waals surface area contributed by atoms with Crippen molar-refractivity contribution in [3.63, 3.8) is 0 Å². The average molecular weight is 629 g/mol. The van der Waals surface area contributed by atoms with E-state index in [1.54, 1.807) is 6.07 Å². The van der Waals surface area contributed by atoms with E-state index >= 15 is 8.78 Å². The molecule has 13 heteroatoms. The minimum absolute atomic E-state index is 0.00968. The lowest BCUT2D eigenvalue weighted by Gasteiger charge is -2.30. The maximum Gasteiger partial charge on any atom is 0.310 e. The van der Waals surface area contributed by atoms with Crippen molar-refractivity contribution in [2.75, 3.05) is 10.6 Å². The quantitative estimate of drug-likeness (QED) is 0.259. The lowest BCUT2D eigenvalue weighted by atomic mass is 9.74. The Bertz CT molecular complexity index is 1570. The van der Waals surface area contributed by atoms with Crippen LogP contribution in [0.1, 0.15) is 16.7 Å². The first-order valence-electron chi connectivity index (χ1n) is 11.8. The first-order chi connectivity index (χ1) is 18.8. The van der Waals surface area contributed by atoms with E-state index < -0.39 is 52.7 Å². The third-order valence-corrected chi connectivity index (χ3v) is 8.19. The number of hydrogen-bond donors (Lipinski definition) is 4. The molecule has 7 nitrogen and oxygen atoms in total. The molecule has 2 amide bonds. The number of amides is 2. The zero-order chi connectivity index (χ0) is 29.1. The molecule has 0 aromatic heterocycles. The fourth-order valence-electron chi connectivity index (χ4n) is 5.61. The SMILES string of the molecule is Cc1ccccc1C(F)(F)C1NC2(C(=O)Nc3c(Cl)cc(Cl)cc32)C(C(=O)O)C1C(=O)Nc1cc(Cl)cc(Cl)c1. The summed E-state index contributed by atoms with van der Waals surface area (Å²) >= 11 is 24.5. The van der Waals surface area contributed by atoms with Gasteiger partial charge < -0.3 is 15.7 Å². The molecule has 2 heterocycles. The van der Waals surface area contributed by atoms with Crippen molar-refractivity contribution in [1.29, 1.82) is 0 Å². The van der Waals surface area contributed by atoms with Gasteiger partial charge in [0.15, 0.2) is 0 Å². The van der Waals surface area contributed by atoms with Crippen LogP contribution in [0.5, 0.6) is 0 Å². The van der Waals surface area contributed by atoms with Crippen LogP contribution in [0.3, 0.4) is 0 Å². The second-order valence-electron chi connectivity index (χ2n) is 9.62. The molecule has 1 saturated heterocycles. The molecule has 5 rings (SSSR count). The normalized spacial score (nSPS) is 23.7. The number of carbonyl (C=O) groups is 3. The third kappa shape index (κ3) is 4.50. The molecular weight excluding hydrogens is 610 g/mol. The smallest absolute Gasteiger partial charge is 0.310 e. The number of carbonyl (C=O) groups excluding carboxylic acids is 2. The zero-order valence-electron chi connectivity index (χ0n) is 20.4. The van der Waals surface area contributed by atoms with Crippen LogP contribution in [-0.2, 0) is 25.8 Å². The van der Waals surface area contributed by atoms with Crippen LogP contribution in [0, 0.1) is 18.8 Å². The summed E-state index contributed by atoms with van der Waals surface area (Å²) in [6.07, 6.45) is 0. The van der Waals surface area contributed by atoms with E-state index in [9.17, 15) is 19.5 Å². The molecule has 0 radical (unpaired) electrons. The Morgan fingerprint density at radius 3 is 2.25 bits per heavy atom. The Morgan fingerprint density at radius 1 is 1.00 bits per heavy atom. The van der Waals surface area contributed by atoms with Gasteiger partial charge in [0.2, 0.25) is 11.8 Å². The van der Waals surface area contributed by atoms with Crippen molar-refractivity contribution < 1.29 is 28.3 Å². The van der Waals surface area contributed by atoms with Gasteiger partial charge in [0, 0.05) is 31.9 Å². The number of alkyl halides is 2. The minimum Gasteiger partial charge on any atom is -0.481 e. The number of anilines is 2. The van der Waals surface area contributed by atoms with Crippen LogP contribution in [0.4, 0.5) is 20.2 Å². The molecule has 1 spiro atoms. The number of carboxylic acid groups (broad SMARTS) is 1. The summed E-state index contributed by atoms with van der Waals surface area (Å²) in [5.74, 6) is -11.6. The summed E-state index contributed by atoms with van der Waals surface area (Å²) in [7, 11) is 0. The van der Waals surface area contributed by atoms with E-state index in [2.05, 4.69) is 16.0 Å². The molecule has 4 atom stereocenters. The monoisotopic (exact) mass is 627 g/mol. The van der Waals surface area contributed by atoms with Crippen LogP contribution in [0.25, 0.3) is 0 Å². The highest BCUT2D eigenvalue weighted by molar-refractivity contribution is 6.38. The lowest BCUT2D eigenvalue weighted by molar-refractivity contribution is -0.151. The van der Waals surface area contributed by atoms with Crippen molar-refractivity contribution in [2.45, 2.75) is 24.4 Å². The van der Waals surface area contributed by atoms with Crippen molar-refractivity contribution in [2.24, 2.45) is 11.8 Å². The van der Waals surface area contributed by atoms with E-state index in [1.807, 2.05) is 0 Å². The van der Waals surface area contributed by atoms with Crippen molar-refractivity contribution in [3.05, 3.63) is 91.4 Å². The van der Waals surface area contributed by atoms with Crippen molar-refractivity contribution in [1.82, 2.24) is 5.32 Å². The number of benzene rings is 3. The van der Waals surface area contributed by atoms with Gasteiger partial charge in [-0.15, -0.1) is 0 Å². The Labute approximate surface area is 246 Å². The topological polar surface area (TPSA) is 108 Å². The summed E-state index contributed by atoms with van der Waals surface area (Å²) in [6, 6.07) is 10.1. The maximum atomic E-state index is 16.5. The Balaban J connectivity index is 1.73. The molecule has 3 aromatic rings. The van der Waals surface area contributed by atoms with Gasteiger partial charge in [-0.05, 0) is 42.8 Å². The fraction of sp³-hybridized carbons (Fsp3) is 0.222. The number of carboxylic acids is 1. The Kier molecular flexibility index (Phi) is 7.25. The van der Waals surface area contributed by atoms with Gasteiger partial charge >= 0.3 is 5.97 Å². The number of aliphatic carboxylic acids is 1. The highest BCUT2D eigenvalue weighted by atomic mass is 35.5. The molecular formula is C27H19Cl4F2N3O4. The number of nitrogens with one attached hydrogen (secondary N) is 3. The Hall–Kier alpha value is -2.95. The van der Waals surface area contributed by atoms with E-state index in [-0.39, 0.29) is 42.6 Å². The van der Waals surface area contributed by atoms with E-state index in [1.165, 1.54) is 55.5 Å². The van der Waals surface area contributed by atoms with Crippen LogP contribution >= 0.6 is 46.4 Å². The highest BCUT2D eigenvalue weighted by Crippen LogP contribution is 2.55. The fourth-order valence-corrected chi connectivity index (χ4v) is 6.68. The summed E-state index contributed by atoms with van der Waals surface area (Å²) in [6.45, 7) is 1.46. The second kappa shape index (κ2) is 10.2. The van der Waals surface area contributed by atoms with Gasteiger partial charge in [0.25, 0.3) is 5.92 Å². The van der Waals surface area contributed by atoms with Crippen LogP contribution in [0.15, 0.2) is 54.6 Å². The van der Waals surface area contributed by atoms with Gasteiger partial charge in [-0.1, -0.05) is 70.7 Å². The number of aryl methyl sites for hydroxylation is 1. The molecule has 0 aliphatic carbocycles. The first-order valence-corrected chi connectivity index (χ1v) is 13.3. The molecule has 3 aromatic carbocycles. The number of halogens is 6. The van der Waals surface area contributed by atoms with Crippen LogP contribution in [0.2, 0.25) is 20.1 Å². The number of hydrogen-bond acceptors (Lipinski definition) is 4. The lowest BCUT2D eigenvalue weighted by Crippen LogP contribution is -2.53. The second-order valence-corrected chi connectivity index (χ2v) is 11.3. The van der Waals surface area contributed by atoms with Gasteiger partial charge in [0.05, 0.1) is 22.7 Å². The van der Waals surface area contributed by atoms with Crippen LogP contribution < -0.4 is 16.0 Å². The summed E-state index contributed by atoms with van der Waals surface area (Å²) in [4.78, 5) is 40.3. The summed E-state index contributed by atoms with van der Waals surface area (Å²) in [5.41, 5.74) is -2.57. The molecule has 0 bridgehead atoms. The van der Waals surface area contributed by atoms with Gasteiger partial charge in [-0.3, -0.25) is 19.7 Å². The molecule has 2 aliphatic rings. The van der Waals surface area contributed by atoms with Gasteiger partial charge in [-0.2, -0.15) is 8.78 Å². The number of fused-ring (bicyclic) bond motifs is 2.